The maximum atomic E-state index is 12.5. The van der Waals surface area contributed by atoms with Gasteiger partial charge >= 0.3 is 0 Å². The molecule has 2 heterocycles. The molecule has 0 unspecified atom stereocenters. The molecule has 0 aliphatic carbocycles. The van der Waals surface area contributed by atoms with Crippen molar-refractivity contribution >= 4 is 27.0 Å². The molecule has 2 aromatic rings. The number of H-pyrrole nitrogens is 1. The molecule has 1 N–H and O–H groups in total. The zero-order valence-electron chi connectivity index (χ0n) is 14.6. The number of aromatic nitrogens is 2. The average molecular weight is 364 g/mol. The van der Waals surface area contributed by atoms with Crippen molar-refractivity contribution < 1.29 is 13.2 Å². The summed E-state index contributed by atoms with van der Waals surface area (Å²) in [6, 6.07) is 7.90. The molecule has 0 radical (unpaired) electrons. The van der Waals surface area contributed by atoms with E-state index in [0.29, 0.717) is 6.54 Å². The van der Waals surface area contributed by atoms with Crippen LogP contribution in [0.5, 0.6) is 0 Å². The van der Waals surface area contributed by atoms with Crippen LogP contribution in [0.15, 0.2) is 24.3 Å². The Bertz CT molecular complexity index is 829. The number of sulfonamides is 1. The molecule has 136 valence electrons. The molecule has 1 aromatic carbocycles. The molecule has 1 saturated heterocycles. The van der Waals surface area contributed by atoms with Crippen molar-refractivity contribution in [2.45, 2.75) is 25.2 Å². The van der Waals surface area contributed by atoms with E-state index in [-0.39, 0.29) is 24.8 Å². The minimum atomic E-state index is -3.25. The smallest absolute Gasteiger partial charge is 0.223 e. The Hall–Kier alpha value is -1.93. The van der Waals surface area contributed by atoms with Crippen LogP contribution in [0.1, 0.15) is 31.0 Å². The minimum absolute atomic E-state index is 0.00342. The first-order chi connectivity index (χ1) is 11.8. The number of likely N-dealkylation sites (tertiary alicyclic amines) is 1. The number of carbonyl (C=O) groups excluding carboxylic acids is 1. The number of fused-ring (bicyclic) bond motifs is 1. The molecule has 1 aliphatic rings. The number of hydrogen-bond acceptors (Lipinski definition) is 4. The summed E-state index contributed by atoms with van der Waals surface area (Å²) in [6.07, 6.45) is 3.27. The Labute approximate surface area is 148 Å². The van der Waals surface area contributed by atoms with Crippen LogP contribution in [0, 0.1) is 0 Å². The fourth-order valence-corrected chi connectivity index (χ4v) is 3.59. The van der Waals surface area contributed by atoms with Crippen LogP contribution in [-0.2, 0) is 14.8 Å². The molecule has 1 aromatic heterocycles. The van der Waals surface area contributed by atoms with Gasteiger partial charge in [-0.05, 0) is 25.0 Å². The lowest BCUT2D eigenvalue weighted by atomic mass is 9.97. The SMILES string of the molecule is CN(CCC(=O)N1CCC[C@@H](c2nc3ccccc3[nH]2)C1)S(C)(=O)=O. The Morgan fingerprint density at radius 2 is 2.16 bits per heavy atom. The second kappa shape index (κ2) is 7.13. The predicted molar refractivity (Wildman–Crippen MR) is 96.7 cm³/mol. The van der Waals surface area contributed by atoms with E-state index in [1.165, 1.54) is 11.4 Å². The van der Waals surface area contributed by atoms with Crippen molar-refractivity contribution in [3.05, 3.63) is 30.1 Å². The van der Waals surface area contributed by atoms with E-state index in [4.69, 9.17) is 0 Å². The number of imidazole rings is 1. The quantitative estimate of drug-likeness (QED) is 0.872. The first-order valence-corrected chi connectivity index (χ1v) is 10.3. The zero-order valence-corrected chi connectivity index (χ0v) is 15.4. The molecule has 1 aliphatic heterocycles. The molecule has 3 rings (SSSR count). The molecule has 1 atom stereocenters. The van der Waals surface area contributed by atoms with Gasteiger partial charge in [-0.1, -0.05) is 12.1 Å². The molecule has 25 heavy (non-hydrogen) atoms. The number of piperidine rings is 1. The second-order valence-corrected chi connectivity index (χ2v) is 8.74. The lowest BCUT2D eigenvalue weighted by Crippen LogP contribution is -2.41. The van der Waals surface area contributed by atoms with E-state index < -0.39 is 10.0 Å². The van der Waals surface area contributed by atoms with E-state index in [1.807, 2.05) is 29.2 Å². The molecule has 0 spiro atoms. The summed E-state index contributed by atoms with van der Waals surface area (Å²) in [7, 11) is -1.75. The van der Waals surface area contributed by atoms with E-state index >= 15 is 0 Å². The molecule has 7 nitrogen and oxygen atoms in total. The third kappa shape index (κ3) is 4.19. The largest absolute Gasteiger partial charge is 0.342 e. The van der Waals surface area contributed by atoms with E-state index in [0.717, 1.165) is 42.5 Å². The highest BCUT2D eigenvalue weighted by atomic mass is 32.2. The Morgan fingerprint density at radius 3 is 2.88 bits per heavy atom. The number of hydrogen-bond donors (Lipinski definition) is 1. The van der Waals surface area contributed by atoms with Crippen LogP contribution in [0.25, 0.3) is 11.0 Å². The van der Waals surface area contributed by atoms with Gasteiger partial charge in [0.2, 0.25) is 15.9 Å². The Kier molecular flexibility index (Phi) is 5.10. The molecular weight excluding hydrogens is 340 g/mol. The number of carbonyl (C=O) groups is 1. The third-order valence-corrected chi connectivity index (χ3v) is 6.09. The van der Waals surface area contributed by atoms with Gasteiger partial charge in [-0.2, -0.15) is 0 Å². The van der Waals surface area contributed by atoms with E-state index in [2.05, 4.69) is 9.97 Å². The normalized spacial score (nSPS) is 18.8. The summed E-state index contributed by atoms with van der Waals surface area (Å²) in [6.45, 7) is 1.56. The van der Waals surface area contributed by atoms with Crippen molar-refractivity contribution in [1.82, 2.24) is 19.2 Å². The number of para-hydroxylation sites is 2. The van der Waals surface area contributed by atoms with Crippen LogP contribution < -0.4 is 0 Å². The number of amides is 1. The van der Waals surface area contributed by atoms with Gasteiger partial charge in [0.25, 0.3) is 0 Å². The minimum Gasteiger partial charge on any atom is -0.342 e. The van der Waals surface area contributed by atoms with Crippen LogP contribution in [0.4, 0.5) is 0 Å². The lowest BCUT2D eigenvalue weighted by Gasteiger charge is -2.32. The Morgan fingerprint density at radius 1 is 1.40 bits per heavy atom. The van der Waals surface area contributed by atoms with E-state index in [9.17, 15) is 13.2 Å². The lowest BCUT2D eigenvalue weighted by molar-refractivity contribution is -0.132. The highest BCUT2D eigenvalue weighted by Gasteiger charge is 2.27. The van der Waals surface area contributed by atoms with Gasteiger partial charge in [0.1, 0.15) is 5.82 Å². The molecule has 0 bridgehead atoms. The maximum Gasteiger partial charge on any atom is 0.223 e. The third-order valence-electron chi connectivity index (χ3n) is 4.78. The highest BCUT2D eigenvalue weighted by molar-refractivity contribution is 7.88. The van der Waals surface area contributed by atoms with Gasteiger partial charge in [-0.25, -0.2) is 17.7 Å². The van der Waals surface area contributed by atoms with Gasteiger partial charge in [-0.3, -0.25) is 4.79 Å². The number of nitrogens with one attached hydrogen (secondary N) is 1. The van der Waals surface area contributed by atoms with Crippen molar-refractivity contribution in [2.24, 2.45) is 0 Å². The summed E-state index contributed by atoms with van der Waals surface area (Å²) < 4.78 is 24.1. The predicted octanol–water partition coefficient (Wildman–Crippen LogP) is 1.55. The molecular formula is C17H24N4O3S. The monoisotopic (exact) mass is 364 g/mol. The van der Waals surface area contributed by atoms with Crippen molar-refractivity contribution in [3.63, 3.8) is 0 Å². The summed E-state index contributed by atoms with van der Waals surface area (Å²) in [5.41, 5.74) is 1.95. The molecule has 1 amide bonds. The molecule has 1 fully saturated rings. The molecule has 0 saturated carbocycles. The maximum absolute atomic E-state index is 12.5. The summed E-state index contributed by atoms with van der Waals surface area (Å²) >= 11 is 0. The summed E-state index contributed by atoms with van der Waals surface area (Å²) in [5.74, 6) is 1.11. The average Bonchev–Trinajstić information content (AvgIpc) is 3.02. The zero-order chi connectivity index (χ0) is 18.0. The first-order valence-electron chi connectivity index (χ1n) is 8.48. The fraction of sp³-hybridized carbons (Fsp3) is 0.529. The summed E-state index contributed by atoms with van der Waals surface area (Å²) in [5, 5.41) is 0. The van der Waals surface area contributed by atoms with Gasteiger partial charge in [0.15, 0.2) is 0 Å². The van der Waals surface area contributed by atoms with Gasteiger partial charge in [0.05, 0.1) is 17.3 Å². The topological polar surface area (TPSA) is 86.4 Å². The standard InChI is InChI=1S/C17H24N4O3S/c1-20(25(2,23)24)11-9-16(22)21-10-5-6-13(12-21)17-18-14-7-3-4-8-15(14)19-17/h3-4,7-8,13H,5-6,9-12H2,1-2H3,(H,18,19)/t13-/m1/s1. The number of rotatable bonds is 5. The van der Waals surface area contributed by atoms with E-state index in [1.54, 1.807) is 0 Å². The van der Waals surface area contributed by atoms with Crippen LogP contribution in [0.3, 0.4) is 0 Å². The number of nitrogens with zero attached hydrogens (tertiary/aromatic N) is 3. The van der Waals surface area contributed by atoms with Crippen LogP contribution in [0.2, 0.25) is 0 Å². The van der Waals surface area contributed by atoms with Crippen LogP contribution in [-0.4, -0.2) is 66.4 Å². The Balaban J connectivity index is 1.63. The van der Waals surface area contributed by atoms with Crippen molar-refractivity contribution in [2.75, 3.05) is 32.9 Å². The number of benzene rings is 1. The van der Waals surface area contributed by atoms with Gasteiger partial charge < -0.3 is 9.88 Å². The fourth-order valence-electron chi connectivity index (χ4n) is 3.17. The highest BCUT2D eigenvalue weighted by Crippen LogP contribution is 2.27. The molecule has 8 heteroatoms. The first kappa shape index (κ1) is 17.9. The van der Waals surface area contributed by atoms with Gasteiger partial charge in [-0.15, -0.1) is 0 Å². The van der Waals surface area contributed by atoms with Gasteiger partial charge in [0, 0.05) is 39.0 Å². The van der Waals surface area contributed by atoms with Crippen molar-refractivity contribution in [3.8, 4) is 0 Å². The van der Waals surface area contributed by atoms with Crippen molar-refractivity contribution in [1.29, 1.82) is 0 Å². The summed E-state index contributed by atoms with van der Waals surface area (Å²) in [4.78, 5) is 22.3. The number of aromatic amines is 1. The van der Waals surface area contributed by atoms with Crippen LogP contribution >= 0.6 is 0 Å². The second-order valence-electron chi connectivity index (χ2n) is 6.65.